The zero-order valence-corrected chi connectivity index (χ0v) is 6.22. The van der Waals surface area contributed by atoms with Gasteiger partial charge in [-0.05, 0) is 11.6 Å². The number of halogens is 2. The Balaban J connectivity index is 2.87. The second kappa shape index (κ2) is 3.76. The van der Waals surface area contributed by atoms with Crippen molar-refractivity contribution in [2.75, 3.05) is 0 Å². The Morgan fingerprint density at radius 2 is 2.33 bits per heavy atom. The molecule has 1 aromatic heterocycles. The number of allylic oxidation sites excluding steroid dienone is 2. The van der Waals surface area contributed by atoms with Crippen LogP contribution in [0.2, 0.25) is 0 Å². The molecule has 0 spiro atoms. The van der Waals surface area contributed by atoms with Gasteiger partial charge in [0.2, 0.25) is 0 Å². The number of aromatic nitrogens is 1. The average molecular weight is 166 g/mol. The first kappa shape index (κ1) is 8.59. The summed E-state index contributed by atoms with van der Waals surface area (Å²) in [6, 6.07) is 5.85. The molecule has 1 heterocycles. The van der Waals surface area contributed by atoms with Crippen LogP contribution in [0, 0.1) is 6.07 Å². The maximum Gasteiger partial charge on any atom is 0.270 e. The van der Waals surface area contributed by atoms with Crippen LogP contribution in [-0.2, 0) is 0 Å². The molecule has 1 radical (unpaired) electrons. The van der Waals surface area contributed by atoms with Crippen LogP contribution < -0.4 is 0 Å². The summed E-state index contributed by atoms with van der Waals surface area (Å²) in [6.45, 7) is 3.43. The molecular weight excluding hydrogens is 160 g/mol. The van der Waals surface area contributed by atoms with Gasteiger partial charge in [-0.3, -0.25) is 4.98 Å². The predicted octanol–water partition coefficient (Wildman–Crippen LogP) is 2.68. The van der Waals surface area contributed by atoms with E-state index in [0.29, 0.717) is 11.8 Å². The van der Waals surface area contributed by atoms with Gasteiger partial charge in [-0.1, -0.05) is 12.6 Å². The molecular formula is C9H6F2N. The number of hydrogen-bond acceptors (Lipinski definition) is 1. The van der Waals surface area contributed by atoms with Crippen LogP contribution in [0.5, 0.6) is 0 Å². The van der Waals surface area contributed by atoms with Crippen LogP contribution in [0.25, 0.3) is 5.57 Å². The average Bonchev–Trinajstić information content (AvgIpc) is 2.05. The Morgan fingerprint density at radius 1 is 1.58 bits per heavy atom. The summed E-state index contributed by atoms with van der Waals surface area (Å²) >= 11 is 0. The lowest BCUT2D eigenvalue weighted by Crippen LogP contribution is -1.83. The molecule has 0 saturated heterocycles. The summed E-state index contributed by atoms with van der Waals surface area (Å²) in [5.74, 6) is 0. The fourth-order valence-electron chi connectivity index (χ4n) is 0.716. The molecule has 12 heavy (non-hydrogen) atoms. The molecule has 0 amide bonds. The topological polar surface area (TPSA) is 12.9 Å². The van der Waals surface area contributed by atoms with Crippen LogP contribution in [0.3, 0.4) is 0 Å². The van der Waals surface area contributed by atoms with Crippen molar-refractivity contribution in [2.24, 2.45) is 0 Å². The Bertz CT molecular complexity index is 300. The molecule has 0 saturated carbocycles. The van der Waals surface area contributed by atoms with E-state index in [-0.39, 0.29) is 5.57 Å². The first-order chi connectivity index (χ1) is 5.70. The molecule has 0 bridgehead atoms. The van der Waals surface area contributed by atoms with E-state index < -0.39 is 6.08 Å². The highest BCUT2D eigenvalue weighted by Crippen LogP contribution is 2.13. The molecule has 0 aromatic carbocycles. The fourth-order valence-corrected chi connectivity index (χ4v) is 0.716. The normalized spacial score (nSPS) is 9.17. The third-order valence-corrected chi connectivity index (χ3v) is 1.23. The molecule has 1 rings (SSSR count). The summed E-state index contributed by atoms with van der Waals surface area (Å²) in [5, 5.41) is 0. The molecule has 61 valence electrons. The highest BCUT2D eigenvalue weighted by atomic mass is 19.3. The molecule has 1 aromatic rings. The van der Waals surface area contributed by atoms with Crippen molar-refractivity contribution in [3.8, 4) is 0 Å². The van der Waals surface area contributed by atoms with Gasteiger partial charge in [0.05, 0.1) is 5.69 Å². The molecule has 1 nitrogen and oxygen atoms in total. The number of nitrogens with zero attached hydrogens (tertiary/aromatic N) is 1. The lowest BCUT2D eigenvalue weighted by molar-refractivity contribution is 0.422. The van der Waals surface area contributed by atoms with Gasteiger partial charge in [0.1, 0.15) is 0 Å². The Morgan fingerprint density at radius 3 is 2.83 bits per heavy atom. The van der Waals surface area contributed by atoms with Gasteiger partial charge in [-0.15, -0.1) is 0 Å². The third-order valence-electron chi connectivity index (χ3n) is 1.23. The molecule has 0 N–H and O–H groups in total. The van der Waals surface area contributed by atoms with Crippen LogP contribution >= 0.6 is 0 Å². The summed E-state index contributed by atoms with van der Waals surface area (Å²) in [5.41, 5.74) is 0.630. The standard InChI is InChI=1S/C9H6F2N/c1-7(6-9(10)11)8-4-2-3-5-12-8/h2,4-6H,1H2. The molecule has 0 aliphatic rings. The first-order valence-electron chi connectivity index (χ1n) is 3.24. The van der Waals surface area contributed by atoms with Crippen molar-refractivity contribution in [1.82, 2.24) is 4.98 Å². The Hall–Kier alpha value is -1.51. The monoisotopic (exact) mass is 166 g/mol. The van der Waals surface area contributed by atoms with E-state index in [1.807, 2.05) is 0 Å². The van der Waals surface area contributed by atoms with Crippen molar-refractivity contribution in [3.05, 3.63) is 48.8 Å². The quantitative estimate of drug-likeness (QED) is 0.615. The van der Waals surface area contributed by atoms with Crippen molar-refractivity contribution in [2.45, 2.75) is 0 Å². The number of hydrogen-bond donors (Lipinski definition) is 0. The zero-order valence-electron chi connectivity index (χ0n) is 6.22. The van der Waals surface area contributed by atoms with Gasteiger partial charge in [0.15, 0.2) is 0 Å². The van der Waals surface area contributed by atoms with Crippen LogP contribution in [0.15, 0.2) is 37.1 Å². The molecule has 0 atom stereocenters. The second-order valence-electron chi connectivity index (χ2n) is 2.10. The maximum absolute atomic E-state index is 11.7. The van der Waals surface area contributed by atoms with E-state index in [2.05, 4.69) is 17.6 Å². The smallest absolute Gasteiger partial charge is 0.256 e. The van der Waals surface area contributed by atoms with Crippen molar-refractivity contribution < 1.29 is 8.78 Å². The number of pyridine rings is 1. The van der Waals surface area contributed by atoms with E-state index in [4.69, 9.17) is 0 Å². The highest BCUT2D eigenvalue weighted by molar-refractivity contribution is 5.69. The van der Waals surface area contributed by atoms with Gasteiger partial charge in [-0.25, -0.2) is 0 Å². The van der Waals surface area contributed by atoms with Gasteiger partial charge >= 0.3 is 0 Å². The van der Waals surface area contributed by atoms with Crippen molar-refractivity contribution in [1.29, 1.82) is 0 Å². The van der Waals surface area contributed by atoms with Gasteiger partial charge in [0, 0.05) is 18.3 Å². The fraction of sp³-hybridized carbons (Fsp3) is 0. The molecule has 0 aliphatic carbocycles. The predicted molar refractivity (Wildman–Crippen MR) is 42.4 cm³/mol. The summed E-state index contributed by atoms with van der Waals surface area (Å²) in [7, 11) is 0. The summed E-state index contributed by atoms with van der Waals surface area (Å²) in [4.78, 5) is 3.80. The summed E-state index contributed by atoms with van der Waals surface area (Å²) in [6.07, 6.45) is 0.321. The van der Waals surface area contributed by atoms with Gasteiger partial charge < -0.3 is 0 Å². The van der Waals surface area contributed by atoms with Gasteiger partial charge in [-0.2, -0.15) is 8.78 Å². The van der Waals surface area contributed by atoms with E-state index >= 15 is 0 Å². The SMILES string of the molecule is C=C(C=C(F)F)c1cc[c]cn1. The first-order valence-corrected chi connectivity index (χ1v) is 3.24. The van der Waals surface area contributed by atoms with E-state index in [1.165, 1.54) is 6.20 Å². The molecule has 0 unspecified atom stereocenters. The lowest BCUT2D eigenvalue weighted by Gasteiger charge is -1.95. The van der Waals surface area contributed by atoms with Crippen LogP contribution in [-0.4, -0.2) is 4.98 Å². The minimum Gasteiger partial charge on any atom is -0.256 e. The highest BCUT2D eigenvalue weighted by Gasteiger charge is 1.97. The molecule has 3 heteroatoms. The zero-order chi connectivity index (χ0) is 8.97. The van der Waals surface area contributed by atoms with Crippen LogP contribution in [0.4, 0.5) is 8.78 Å². The third kappa shape index (κ3) is 2.27. The molecule has 0 aliphatic heterocycles. The maximum atomic E-state index is 11.7. The lowest BCUT2D eigenvalue weighted by atomic mass is 10.2. The summed E-state index contributed by atoms with van der Waals surface area (Å²) < 4.78 is 23.5. The van der Waals surface area contributed by atoms with E-state index in [1.54, 1.807) is 12.1 Å². The van der Waals surface area contributed by atoms with Crippen molar-refractivity contribution >= 4 is 5.57 Å². The van der Waals surface area contributed by atoms with Crippen molar-refractivity contribution in [3.63, 3.8) is 0 Å². The largest absolute Gasteiger partial charge is 0.270 e. The second-order valence-corrected chi connectivity index (χ2v) is 2.10. The van der Waals surface area contributed by atoms with E-state index in [0.717, 1.165) is 0 Å². The van der Waals surface area contributed by atoms with Crippen LogP contribution in [0.1, 0.15) is 5.69 Å². The minimum atomic E-state index is -1.77. The minimum absolute atomic E-state index is 0.198. The van der Waals surface area contributed by atoms with Gasteiger partial charge in [0.25, 0.3) is 6.08 Å². The Kier molecular flexibility index (Phi) is 2.69. The Labute approximate surface area is 69.1 Å². The van der Waals surface area contributed by atoms with E-state index in [9.17, 15) is 8.78 Å². The number of rotatable bonds is 2. The molecule has 0 fully saturated rings.